The highest BCUT2D eigenvalue weighted by Crippen LogP contribution is 2.34. The van der Waals surface area contributed by atoms with Gasteiger partial charge in [0, 0.05) is 38.1 Å². The van der Waals surface area contributed by atoms with E-state index in [0.29, 0.717) is 10.0 Å². The van der Waals surface area contributed by atoms with Gasteiger partial charge in [-0.3, -0.25) is 0 Å². The molecule has 156 valence electrons. The van der Waals surface area contributed by atoms with Crippen LogP contribution in [-0.2, 0) is 9.84 Å². The molecule has 0 bridgehead atoms. The molecule has 2 fully saturated rings. The molecule has 8 heteroatoms. The second-order valence-electron chi connectivity index (χ2n) is 8.13. The predicted octanol–water partition coefficient (Wildman–Crippen LogP) is 3.67. The third kappa shape index (κ3) is 4.83. The molecule has 0 amide bonds. The van der Waals surface area contributed by atoms with Crippen LogP contribution in [0.5, 0.6) is 0 Å². The first-order valence-corrected chi connectivity index (χ1v) is 12.5. The van der Waals surface area contributed by atoms with Crippen molar-refractivity contribution in [1.82, 2.24) is 10.2 Å². The van der Waals surface area contributed by atoms with Crippen LogP contribution in [0.1, 0.15) is 25.7 Å². The molecule has 0 spiro atoms. The van der Waals surface area contributed by atoms with E-state index in [2.05, 4.69) is 20.0 Å². The number of piperidine rings is 2. The molecule has 2 saturated heterocycles. The van der Waals surface area contributed by atoms with Gasteiger partial charge in [0.1, 0.15) is 0 Å². The van der Waals surface area contributed by atoms with Crippen molar-refractivity contribution < 1.29 is 8.42 Å². The van der Waals surface area contributed by atoms with Crippen LogP contribution in [0, 0.1) is 11.8 Å². The van der Waals surface area contributed by atoms with E-state index in [-0.39, 0.29) is 0 Å². The summed E-state index contributed by atoms with van der Waals surface area (Å²) in [6.45, 7) is 4.11. The van der Waals surface area contributed by atoms with Crippen LogP contribution in [0.4, 0.5) is 11.5 Å². The van der Waals surface area contributed by atoms with Gasteiger partial charge in [-0.05, 0) is 73.9 Å². The molecule has 0 N–H and O–H groups in total. The third-order valence-electron chi connectivity index (χ3n) is 6.32. The zero-order valence-corrected chi connectivity index (χ0v) is 18.2. The van der Waals surface area contributed by atoms with Gasteiger partial charge in [0.15, 0.2) is 20.8 Å². The van der Waals surface area contributed by atoms with Crippen molar-refractivity contribution in [2.45, 2.75) is 30.6 Å². The Labute approximate surface area is 177 Å². The summed E-state index contributed by atoms with van der Waals surface area (Å²) >= 11 is 5.84. The van der Waals surface area contributed by atoms with Crippen molar-refractivity contribution in [1.29, 1.82) is 0 Å². The second-order valence-corrected chi connectivity index (χ2v) is 10.5. The summed E-state index contributed by atoms with van der Waals surface area (Å²) in [5.74, 6) is 2.45. The van der Waals surface area contributed by atoms with Crippen molar-refractivity contribution in [2.24, 2.45) is 11.8 Å². The number of hydrogen-bond donors (Lipinski definition) is 0. The van der Waals surface area contributed by atoms with Gasteiger partial charge in [-0.1, -0.05) is 11.6 Å². The largest absolute Gasteiger partial charge is 0.372 e. The number of halogens is 1. The first-order valence-electron chi connectivity index (χ1n) is 10.2. The van der Waals surface area contributed by atoms with Crippen LogP contribution < -0.4 is 9.80 Å². The summed E-state index contributed by atoms with van der Waals surface area (Å²) in [4.78, 5) is 5.06. The maximum atomic E-state index is 11.6. The number of nitrogens with zero attached hydrogens (tertiary/aromatic N) is 4. The van der Waals surface area contributed by atoms with Gasteiger partial charge in [-0.2, -0.15) is 0 Å². The molecule has 0 atom stereocenters. The molecule has 1 aromatic carbocycles. The highest BCUT2D eigenvalue weighted by Gasteiger charge is 2.30. The second kappa shape index (κ2) is 8.48. The van der Waals surface area contributed by atoms with E-state index in [0.717, 1.165) is 49.5 Å². The summed E-state index contributed by atoms with van der Waals surface area (Å²) in [7, 11) is -3.14. The van der Waals surface area contributed by atoms with Gasteiger partial charge in [0.2, 0.25) is 0 Å². The number of sulfone groups is 1. The number of benzene rings is 1. The van der Waals surface area contributed by atoms with Crippen LogP contribution in [0.2, 0.25) is 5.15 Å². The summed E-state index contributed by atoms with van der Waals surface area (Å²) in [5, 5.41) is 8.59. The molecule has 0 radical (unpaired) electrons. The van der Waals surface area contributed by atoms with Crippen LogP contribution in [0.3, 0.4) is 0 Å². The summed E-state index contributed by atoms with van der Waals surface area (Å²) in [6, 6.07) is 11.0. The van der Waals surface area contributed by atoms with Gasteiger partial charge in [-0.15, -0.1) is 10.2 Å². The fraction of sp³-hybridized carbons (Fsp3) is 0.524. The van der Waals surface area contributed by atoms with Gasteiger partial charge in [0.05, 0.1) is 4.90 Å². The van der Waals surface area contributed by atoms with E-state index < -0.39 is 9.84 Å². The molecule has 29 heavy (non-hydrogen) atoms. The number of rotatable bonds is 4. The first-order chi connectivity index (χ1) is 13.9. The van der Waals surface area contributed by atoms with E-state index >= 15 is 0 Å². The predicted molar refractivity (Wildman–Crippen MR) is 116 cm³/mol. The summed E-state index contributed by atoms with van der Waals surface area (Å²) in [5.41, 5.74) is 1.12. The quantitative estimate of drug-likeness (QED) is 0.731. The average Bonchev–Trinajstić information content (AvgIpc) is 2.74. The van der Waals surface area contributed by atoms with E-state index in [1.165, 1.54) is 31.9 Å². The standard InChI is InChI=1S/C21H27ClN4O2S/c1-29(27,28)19-4-2-18(3-5-19)25-12-8-16(9-13-25)17-10-14-26(15-11-17)21-7-6-20(22)23-24-21/h2-7,16-17H,8-15H2,1H3. The molecular formula is C21H27ClN4O2S. The fourth-order valence-electron chi connectivity index (χ4n) is 4.61. The summed E-state index contributed by atoms with van der Waals surface area (Å²) in [6.07, 6.45) is 6.02. The Morgan fingerprint density at radius 1 is 0.828 bits per heavy atom. The van der Waals surface area contributed by atoms with Gasteiger partial charge >= 0.3 is 0 Å². The molecule has 4 rings (SSSR count). The first kappa shape index (κ1) is 20.4. The van der Waals surface area contributed by atoms with Crippen molar-refractivity contribution in [3.63, 3.8) is 0 Å². The molecule has 6 nitrogen and oxygen atoms in total. The van der Waals surface area contributed by atoms with Crippen LogP contribution >= 0.6 is 11.6 Å². The van der Waals surface area contributed by atoms with E-state index in [1.807, 2.05) is 18.2 Å². The Kier molecular flexibility index (Phi) is 5.97. The molecule has 2 aliphatic rings. The molecule has 1 aromatic heterocycles. The van der Waals surface area contributed by atoms with Crippen molar-refractivity contribution in [3.8, 4) is 0 Å². The lowest BCUT2D eigenvalue weighted by atomic mass is 9.78. The van der Waals surface area contributed by atoms with Crippen molar-refractivity contribution >= 4 is 32.9 Å². The molecule has 0 unspecified atom stereocenters. The minimum absolute atomic E-state index is 0.383. The van der Waals surface area contributed by atoms with Crippen molar-refractivity contribution in [3.05, 3.63) is 41.6 Å². The number of aromatic nitrogens is 2. The highest BCUT2D eigenvalue weighted by molar-refractivity contribution is 7.90. The molecule has 0 saturated carbocycles. The van der Waals surface area contributed by atoms with Gasteiger partial charge in [0.25, 0.3) is 0 Å². The lowest BCUT2D eigenvalue weighted by Crippen LogP contribution is -2.41. The zero-order valence-electron chi connectivity index (χ0n) is 16.7. The minimum Gasteiger partial charge on any atom is -0.372 e. The Bertz CT molecular complexity index is 918. The zero-order chi connectivity index (χ0) is 20.4. The molecule has 3 heterocycles. The third-order valence-corrected chi connectivity index (χ3v) is 7.65. The number of anilines is 2. The lowest BCUT2D eigenvalue weighted by Gasteiger charge is -2.41. The molecule has 2 aromatic rings. The molecule has 0 aliphatic carbocycles. The molecule has 2 aliphatic heterocycles. The Morgan fingerprint density at radius 3 is 1.86 bits per heavy atom. The van der Waals surface area contributed by atoms with Gasteiger partial charge < -0.3 is 9.80 Å². The maximum Gasteiger partial charge on any atom is 0.175 e. The topological polar surface area (TPSA) is 66.4 Å². The van der Waals surface area contributed by atoms with E-state index in [1.54, 1.807) is 18.2 Å². The normalized spacial score (nSPS) is 19.5. The Hall–Kier alpha value is -1.86. The number of hydrogen-bond acceptors (Lipinski definition) is 6. The van der Waals surface area contributed by atoms with Crippen LogP contribution in [-0.4, -0.2) is 51.0 Å². The van der Waals surface area contributed by atoms with Crippen LogP contribution in [0.15, 0.2) is 41.3 Å². The Balaban J connectivity index is 1.28. The average molecular weight is 435 g/mol. The SMILES string of the molecule is CS(=O)(=O)c1ccc(N2CCC(C3CCN(c4ccc(Cl)nn4)CC3)CC2)cc1. The lowest BCUT2D eigenvalue weighted by molar-refractivity contribution is 0.232. The maximum absolute atomic E-state index is 11.6. The van der Waals surface area contributed by atoms with Gasteiger partial charge in [-0.25, -0.2) is 8.42 Å². The smallest absolute Gasteiger partial charge is 0.175 e. The Morgan fingerprint density at radius 2 is 1.38 bits per heavy atom. The van der Waals surface area contributed by atoms with Crippen LogP contribution in [0.25, 0.3) is 0 Å². The summed E-state index contributed by atoms with van der Waals surface area (Å²) < 4.78 is 23.3. The molecular weight excluding hydrogens is 408 g/mol. The monoisotopic (exact) mass is 434 g/mol. The van der Waals surface area contributed by atoms with E-state index in [4.69, 9.17) is 11.6 Å². The minimum atomic E-state index is -3.14. The van der Waals surface area contributed by atoms with Crippen molar-refractivity contribution in [2.75, 3.05) is 42.2 Å². The van der Waals surface area contributed by atoms with E-state index in [9.17, 15) is 8.42 Å². The highest BCUT2D eigenvalue weighted by atomic mass is 35.5. The fourth-order valence-corrected chi connectivity index (χ4v) is 5.34.